The van der Waals surface area contributed by atoms with Crippen LogP contribution in [-0.2, 0) is 4.74 Å². The number of nitrogens with one attached hydrogen (secondary N) is 1. The Morgan fingerprint density at radius 2 is 1.97 bits per heavy atom. The Kier molecular flexibility index (Phi) is 9.52. The number of hydrogen-bond acceptors (Lipinski definition) is 6. The van der Waals surface area contributed by atoms with Crippen LogP contribution < -0.4 is 10.1 Å². The summed E-state index contributed by atoms with van der Waals surface area (Å²) in [7, 11) is 1.54. The van der Waals surface area contributed by atoms with Gasteiger partial charge in [-0.2, -0.15) is 0 Å². The molecule has 1 fully saturated rings. The molecule has 202 valence electrons. The third kappa shape index (κ3) is 6.99. The second kappa shape index (κ2) is 13.0. The fourth-order valence-electron chi connectivity index (χ4n) is 4.57. The molecule has 4 rings (SSSR count). The van der Waals surface area contributed by atoms with E-state index in [1.54, 1.807) is 43.5 Å². The fourth-order valence-corrected chi connectivity index (χ4v) is 4.57. The van der Waals surface area contributed by atoms with Crippen molar-refractivity contribution in [2.24, 2.45) is 0 Å². The zero-order chi connectivity index (χ0) is 27.1. The third-order valence-electron chi connectivity index (χ3n) is 6.57. The highest BCUT2D eigenvalue weighted by Crippen LogP contribution is 2.28. The van der Waals surface area contributed by atoms with Gasteiger partial charge in [0.05, 0.1) is 43.7 Å². The predicted molar refractivity (Wildman–Crippen MR) is 140 cm³/mol. The van der Waals surface area contributed by atoms with Crippen LogP contribution >= 0.6 is 0 Å². The summed E-state index contributed by atoms with van der Waals surface area (Å²) >= 11 is 0. The van der Waals surface area contributed by atoms with E-state index in [9.17, 15) is 23.4 Å². The van der Waals surface area contributed by atoms with Crippen molar-refractivity contribution < 1.29 is 32.9 Å². The molecule has 4 atom stereocenters. The van der Waals surface area contributed by atoms with E-state index in [0.29, 0.717) is 41.6 Å². The van der Waals surface area contributed by atoms with Crippen molar-refractivity contribution in [2.45, 2.75) is 43.6 Å². The molecule has 1 aliphatic heterocycles. The summed E-state index contributed by atoms with van der Waals surface area (Å²) in [5.74, 6) is -0.907. The van der Waals surface area contributed by atoms with Crippen LogP contribution in [0.25, 0.3) is 23.1 Å². The van der Waals surface area contributed by atoms with Crippen LogP contribution in [-0.4, -0.2) is 59.8 Å². The topological polar surface area (TPSA) is 83.8 Å². The zero-order valence-corrected chi connectivity index (χ0v) is 21.0. The summed E-state index contributed by atoms with van der Waals surface area (Å²) < 4.78 is 53.4. The first-order chi connectivity index (χ1) is 18.4. The van der Waals surface area contributed by atoms with Crippen LogP contribution in [0, 0.1) is 17.5 Å². The molecule has 38 heavy (non-hydrogen) atoms. The van der Waals surface area contributed by atoms with Crippen molar-refractivity contribution in [3.8, 4) is 5.75 Å². The first kappa shape index (κ1) is 27.8. The van der Waals surface area contributed by atoms with Crippen molar-refractivity contribution in [3.63, 3.8) is 0 Å². The van der Waals surface area contributed by atoms with Gasteiger partial charge in [-0.15, -0.1) is 0 Å². The van der Waals surface area contributed by atoms with Gasteiger partial charge < -0.3 is 25.0 Å². The molecular formula is C29H31F3N2O4. The fraction of sp³-hybridized carbons (Fsp3) is 0.345. The molecule has 6 nitrogen and oxygen atoms in total. The molecule has 2 aromatic carbocycles. The molecule has 3 N–H and O–H groups in total. The molecule has 0 amide bonds. The number of aliphatic hydroxyl groups is 2. The Labute approximate surface area is 219 Å². The molecule has 1 saturated heterocycles. The standard InChI is InChI=1S/C29H31F3N2O4/c1-37-22-7-10-27-24(15-22)23(26(32)16-34-27)8-5-21-6-11-28(29(38-21)14-20(36)17-35)33-12-2-3-18-13-19(30)4-9-25(18)31/h2-5,7-10,13,15-16,20-21,28-29,33,35-36H,6,11-12,14,17H2,1H3/b3-2+,8-5?/t20-,21+,28+,29+/m0/s1. The minimum atomic E-state index is -0.960. The summed E-state index contributed by atoms with van der Waals surface area (Å²) in [6, 6.07) is 8.38. The summed E-state index contributed by atoms with van der Waals surface area (Å²) in [5, 5.41) is 23.4. The van der Waals surface area contributed by atoms with Gasteiger partial charge >= 0.3 is 0 Å². The number of ether oxygens (including phenoxy) is 2. The minimum absolute atomic E-state index is 0.148. The molecule has 3 aromatic rings. The largest absolute Gasteiger partial charge is 0.497 e. The molecule has 1 aromatic heterocycles. The monoisotopic (exact) mass is 528 g/mol. The Morgan fingerprint density at radius 3 is 2.76 bits per heavy atom. The van der Waals surface area contributed by atoms with E-state index in [-0.39, 0.29) is 24.1 Å². The Morgan fingerprint density at radius 1 is 1.13 bits per heavy atom. The second-order valence-corrected chi connectivity index (χ2v) is 9.21. The van der Waals surface area contributed by atoms with E-state index in [4.69, 9.17) is 9.47 Å². The lowest BCUT2D eigenvalue weighted by Gasteiger charge is -2.37. The molecule has 9 heteroatoms. The lowest BCUT2D eigenvalue weighted by molar-refractivity contribution is -0.0714. The van der Waals surface area contributed by atoms with Gasteiger partial charge in [0, 0.05) is 35.5 Å². The number of rotatable bonds is 10. The quantitative estimate of drug-likeness (QED) is 0.356. The van der Waals surface area contributed by atoms with E-state index >= 15 is 0 Å². The van der Waals surface area contributed by atoms with Crippen LogP contribution in [0.4, 0.5) is 13.2 Å². The summed E-state index contributed by atoms with van der Waals surface area (Å²) in [6.07, 6.45) is 7.63. The average Bonchev–Trinajstić information content (AvgIpc) is 2.92. The number of aliphatic hydroxyl groups excluding tert-OH is 2. The normalized spacial score (nSPS) is 20.9. The molecule has 0 bridgehead atoms. The summed E-state index contributed by atoms with van der Waals surface area (Å²) in [5.41, 5.74) is 1.16. The lowest BCUT2D eigenvalue weighted by Crippen LogP contribution is -2.48. The molecule has 0 radical (unpaired) electrons. The second-order valence-electron chi connectivity index (χ2n) is 9.21. The number of fused-ring (bicyclic) bond motifs is 1. The highest BCUT2D eigenvalue weighted by atomic mass is 19.1. The van der Waals surface area contributed by atoms with Gasteiger partial charge in [0.15, 0.2) is 0 Å². The number of benzene rings is 2. The van der Waals surface area contributed by atoms with Gasteiger partial charge in [0.1, 0.15) is 23.2 Å². The highest BCUT2D eigenvalue weighted by Gasteiger charge is 2.31. The molecule has 2 heterocycles. The number of hydrogen-bond donors (Lipinski definition) is 3. The van der Waals surface area contributed by atoms with Crippen molar-refractivity contribution in [1.29, 1.82) is 0 Å². The SMILES string of the molecule is COc1ccc2ncc(F)c(C=C[C@@H]3CC[C@@H](NC/C=C/c4cc(F)ccc4F)[C@@H](C[C@H](O)CO)O3)c2c1. The summed E-state index contributed by atoms with van der Waals surface area (Å²) in [4.78, 5) is 4.14. The highest BCUT2D eigenvalue weighted by molar-refractivity contribution is 5.89. The van der Waals surface area contributed by atoms with Crippen LogP contribution in [0.3, 0.4) is 0 Å². The van der Waals surface area contributed by atoms with Crippen molar-refractivity contribution in [3.05, 3.63) is 83.3 Å². The average molecular weight is 529 g/mol. The van der Waals surface area contributed by atoms with E-state index in [2.05, 4.69) is 10.3 Å². The molecule has 1 aliphatic rings. The predicted octanol–water partition coefficient (Wildman–Crippen LogP) is 4.64. The minimum Gasteiger partial charge on any atom is -0.497 e. The molecule has 0 spiro atoms. The zero-order valence-electron chi connectivity index (χ0n) is 21.0. The first-order valence-corrected chi connectivity index (χ1v) is 12.5. The van der Waals surface area contributed by atoms with Gasteiger partial charge in [-0.1, -0.05) is 24.3 Å². The third-order valence-corrected chi connectivity index (χ3v) is 6.57. The van der Waals surface area contributed by atoms with Crippen LogP contribution in [0.5, 0.6) is 5.75 Å². The Bertz CT molecular complexity index is 1300. The maximum atomic E-state index is 14.7. The van der Waals surface area contributed by atoms with E-state index in [0.717, 1.165) is 18.2 Å². The molecular weight excluding hydrogens is 497 g/mol. The summed E-state index contributed by atoms with van der Waals surface area (Å²) in [6.45, 7) is -0.0336. The lowest BCUT2D eigenvalue weighted by atomic mass is 9.94. The molecule has 0 unspecified atom stereocenters. The Hall–Kier alpha value is -3.24. The van der Waals surface area contributed by atoms with Gasteiger partial charge in [-0.25, -0.2) is 13.2 Å². The number of methoxy groups -OCH3 is 1. The van der Waals surface area contributed by atoms with Gasteiger partial charge in [0.2, 0.25) is 0 Å². The van der Waals surface area contributed by atoms with Gasteiger partial charge in [-0.3, -0.25) is 4.98 Å². The maximum Gasteiger partial charge on any atom is 0.149 e. The van der Waals surface area contributed by atoms with Gasteiger partial charge in [-0.05, 0) is 49.2 Å². The van der Waals surface area contributed by atoms with E-state index in [1.807, 2.05) is 0 Å². The van der Waals surface area contributed by atoms with Crippen molar-refractivity contribution in [2.75, 3.05) is 20.3 Å². The number of nitrogens with zero attached hydrogens (tertiary/aromatic N) is 1. The smallest absolute Gasteiger partial charge is 0.149 e. The molecule has 0 saturated carbocycles. The first-order valence-electron chi connectivity index (χ1n) is 12.5. The number of aromatic nitrogens is 1. The Balaban J connectivity index is 1.44. The van der Waals surface area contributed by atoms with Crippen LogP contribution in [0.15, 0.2) is 54.7 Å². The van der Waals surface area contributed by atoms with Crippen LogP contribution in [0.2, 0.25) is 0 Å². The number of pyridine rings is 1. The van der Waals surface area contributed by atoms with Gasteiger partial charge in [0.25, 0.3) is 0 Å². The maximum absolute atomic E-state index is 14.7. The van der Waals surface area contributed by atoms with Crippen LogP contribution in [0.1, 0.15) is 30.4 Å². The molecule has 0 aliphatic carbocycles. The van der Waals surface area contributed by atoms with E-state index < -0.39 is 36.3 Å². The van der Waals surface area contributed by atoms with E-state index in [1.165, 1.54) is 12.3 Å². The van der Waals surface area contributed by atoms with Crippen molar-refractivity contribution in [1.82, 2.24) is 10.3 Å². The number of halogens is 3. The van der Waals surface area contributed by atoms with Crippen molar-refractivity contribution >= 4 is 23.1 Å².